The maximum absolute atomic E-state index is 12.8. The molecule has 0 fully saturated rings. The van der Waals surface area contributed by atoms with E-state index in [1.807, 2.05) is 0 Å². The van der Waals surface area contributed by atoms with Crippen LogP contribution < -0.4 is 16.0 Å². The first-order chi connectivity index (χ1) is 17.5. The van der Waals surface area contributed by atoms with E-state index in [0.29, 0.717) is 30.5 Å². The third kappa shape index (κ3) is 8.75. The summed E-state index contributed by atoms with van der Waals surface area (Å²) in [5, 5.41) is 17.2. The molecule has 37 heavy (non-hydrogen) atoms. The summed E-state index contributed by atoms with van der Waals surface area (Å²) in [6, 6.07) is 5.03. The predicted molar refractivity (Wildman–Crippen MR) is 145 cm³/mol. The van der Waals surface area contributed by atoms with Crippen LogP contribution in [0.3, 0.4) is 0 Å². The zero-order chi connectivity index (χ0) is 27.7. The Kier molecular flexibility index (Phi) is 11.9. The number of carbonyl (C=O) groups excluding carboxylic acids is 5. The SMILES string of the molecule is CC(C)[C@H](NC(=O)CCCCCN1C(=O)C(Br)=C(Br)C1=O)C(=O)N[C@@H](C)C(=O)Nc1ccc(CO)cc1. The van der Waals surface area contributed by atoms with Crippen LogP contribution in [-0.4, -0.2) is 58.2 Å². The van der Waals surface area contributed by atoms with E-state index in [1.54, 1.807) is 45.0 Å². The Morgan fingerprint density at radius 1 is 0.892 bits per heavy atom. The number of rotatable bonds is 13. The highest BCUT2D eigenvalue weighted by Gasteiger charge is 2.35. The van der Waals surface area contributed by atoms with E-state index in [-0.39, 0.29) is 52.2 Å². The Morgan fingerprint density at radius 3 is 2.03 bits per heavy atom. The highest BCUT2D eigenvalue weighted by atomic mass is 79.9. The number of anilines is 1. The third-order valence-electron chi connectivity index (χ3n) is 5.77. The third-order valence-corrected chi connectivity index (χ3v) is 7.77. The minimum Gasteiger partial charge on any atom is -0.392 e. The van der Waals surface area contributed by atoms with E-state index in [2.05, 4.69) is 47.8 Å². The summed E-state index contributed by atoms with van der Waals surface area (Å²) in [4.78, 5) is 62.9. The van der Waals surface area contributed by atoms with Crippen LogP contribution in [0.2, 0.25) is 0 Å². The lowest BCUT2D eigenvalue weighted by molar-refractivity contribution is -0.137. The molecule has 5 amide bonds. The molecule has 1 aliphatic heterocycles. The molecule has 0 aromatic heterocycles. The molecule has 0 radical (unpaired) electrons. The van der Waals surface area contributed by atoms with Gasteiger partial charge in [0.05, 0.1) is 6.61 Å². The van der Waals surface area contributed by atoms with Gasteiger partial charge in [0, 0.05) is 18.7 Å². The Labute approximate surface area is 232 Å². The number of carbonyl (C=O) groups is 5. The Balaban J connectivity index is 1.76. The van der Waals surface area contributed by atoms with Gasteiger partial charge in [-0.3, -0.25) is 28.9 Å². The number of aliphatic hydroxyl groups excluding tert-OH is 1. The quantitative estimate of drug-likeness (QED) is 0.192. The van der Waals surface area contributed by atoms with Crippen molar-refractivity contribution in [3.8, 4) is 0 Å². The van der Waals surface area contributed by atoms with Gasteiger partial charge < -0.3 is 21.1 Å². The van der Waals surface area contributed by atoms with Crippen LogP contribution in [0.15, 0.2) is 33.2 Å². The van der Waals surface area contributed by atoms with Crippen molar-refractivity contribution in [3.05, 3.63) is 38.8 Å². The van der Waals surface area contributed by atoms with Crippen molar-refractivity contribution in [3.63, 3.8) is 0 Å². The van der Waals surface area contributed by atoms with Gasteiger partial charge in [-0.05, 0) is 75.2 Å². The molecule has 0 unspecified atom stereocenters. The molecule has 4 N–H and O–H groups in total. The van der Waals surface area contributed by atoms with Crippen LogP contribution in [0.1, 0.15) is 52.0 Å². The fraction of sp³-hybridized carbons (Fsp3) is 0.480. The minimum atomic E-state index is -0.839. The largest absolute Gasteiger partial charge is 0.392 e. The topological polar surface area (TPSA) is 145 Å². The second-order valence-corrected chi connectivity index (χ2v) is 10.7. The molecule has 1 aromatic carbocycles. The van der Waals surface area contributed by atoms with Crippen molar-refractivity contribution < 1.29 is 29.1 Å². The van der Waals surface area contributed by atoms with E-state index < -0.39 is 23.9 Å². The molecule has 12 heteroatoms. The number of hydrogen-bond donors (Lipinski definition) is 4. The average Bonchev–Trinajstić information content (AvgIpc) is 3.04. The first-order valence-electron chi connectivity index (χ1n) is 12.0. The summed E-state index contributed by atoms with van der Waals surface area (Å²) in [7, 11) is 0. The van der Waals surface area contributed by atoms with Crippen LogP contribution in [0.5, 0.6) is 0 Å². The second kappa shape index (κ2) is 14.4. The zero-order valence-electron chi connectivity index (χ0n) is 21.0. The number of hydrogen-bond acceptors (Lipinski definition) is 6. The first-order valence-corrected chi connectivity index (χ1v) is 13.6. The number of nitrogens with one attached hydrogen (secondary N) is 3. The second-order valence-electron chi connectivity index (χ2n) is 9.06. The number of amides is 5. The zero-order valence-corrected chi connectivity index (χ0v) is 24.1. The molecule has 0 saturated carbocycles. The van der Waals surface area contributed by atoms with E-state index in [1.165, 1.54) is 0 Å². The van der Waals surface area contributed by atoms with Gasteiger partial charge in [-0.2, -0.15) is 0 Å². The molecule has 0 saturated heterocycles. The highest BCUT2D eigenvalue weighted by molar-refractivity contribution is 9.14. The molecule has 202 valence electrons. The van der Waals surface area contributed by atoms with Gasteiger partial charge in [0.15, 0.2) is 0 Å². The molecule has 1 heterocycles. The molecule has 1 aliphatic rings. The van der Waals surface area contributed by atoms with Crippen LogP contribution >= 0.6 is 31.9 Å². The summed E-state index contributed by atoms with van der Waals surface area (Å²) < 4.78 is 0.414. The fourth-order valence-corrected chi connectivity index (χ4v) is 4.31. The van der Waals surface area contributed by atoms with E-state index in [4.69, 9.17) is 5.11 Å². The molecule has 2 rings (SSSR count). The van der Waals surface area contributed by atoms with Crippen molar-refractivity contribution in [1.82, 2.24) is 15.5 Å². The number of benzene rings is 1. The molecular formula is C25H32Br2N4O6. The Bertz CT molecular complexity index is 1030. The molecule has 0 bridgehead atoms. The fourth-order valence-electron chi connectivity index (χ4n) is 3.55. The number of unbranched alkanes of at least 4 members (excludes halogenated alkanes) is 2. The number of halogens is 2. The van der Waals surface area contributed by atoms with Gasteiger partial charge >= 0.3 is 0 Å². The Hall–Kier alpha value is -2.57. The maximum atomic E-state index is 12.8. The van der Waals surface area contributed by atoms with Gasteiger partial charge in [-0.25, -0.2) is 0 Å². The monoisotopic (exact) mass is 642 g/mol. The molecule has 0 aliphatic carbocycles. The molecule has 0 spiro atoms. The predicted octanol–water partition coefficient (Wildman–Crippen LogP) is 2.69. The Morgan fingerprint density at radius 2 is 1.49 bits per heavy atom. The normalized spacial score (nSPS) is 15.2. The molecular weight excluding hydrogens is 612 g/mol. The summed E-state index contributed by atoms with van der Waals surface area (Å²) >= 11 is 6.17. The van der Waals surface area contributed by atoms with E-state index in [0.717, 1.165) is 4.90 Å². The van der Waals surface area contributed by atoms with Crippen molar-refractivity contribution in [2.24, 2.45) is 5.92 Å². The highest BCUT2D eigenvalue weighted by Crippen LogP contribution is 2.29. The van der Waals surface area contributed by atoms with Gasteiger partial charge in [0.25, 0.3) is 11.8 Å². The minimum absolute atomic E-state index is 0.0996. The maximum Gasteiger partial charge on any atom is 0.269 e. The molecule has 1 aromatic rings. The van der Waals surface area contributed by atoms with Crippen LogP contribution in [0, 0.1) is 5.92 Å². The summed E-state index contributed by atoms with van der Waals surface area (Å²) in [6.07, 6.45) is 1.88. The molecule has 10 nitrogen and oxygen atoms in total. The van der Waals surface area contributed by atoms with Crippen LogP contribution in [-0.2, 0) is 30.6 Å². The number of nitrogens with zero attached hydrogens (tertiary/aromatic N) is 1. The molecule has 2 atom stereocenters. The lowest BCUT2D eigenvalue weighted by atomic mass is 10.0. The van der Waals surface area contributed by atoms with Crippen molar-refractivity contribution in [2.75, 3.05) is 11.9 Å². The van der Waals surface area contributed by atoms with Gasteiger partial charge in [0.1, 0.15) is 21.0 Å². The first kappa shape index (κ1) is 30.7. The standard InChI is InChI=1S/C25H32Br2N4O6/c1-14(2)21(23(35)28-15(3)22(34)29-17-10-8-16(13-32)9-11-17)30-18(33)7-5-4-6-12-31-24(36)19(26)20(27)25(31)37/h8-11,14-15,21,32H,4-7,12-13H2,1-3H3,(H,28,35)(H,29,34)(H,30,33)/t15-,21-/m0/s1. The van der Waals surface area contributed by atoms with Gasteiger partial charge in [0.2, 0.25) is 17.7 Å². The van der Waals surface area contributed by atoms with Gasteiger partial charge in [-0.1, -0.05) is 32.4 Å². The summed E-state index contributed by atoms with van der Waals surface area (Å²) in [5.74, 6) is -2.15. The van der Waals surface area contributed by atoms with Gasteiger partial charge in [-0.15, -0.1) is 0 Å². The van der Waals surface area contributed by atoms with Crippen molar-refractivity contribution in [1.29, 1.82) is 0 Å². The average molecular weight is 644 g/mol. The van der Waals surface area contributed by atoms with Crippen molar-refractivity contribution >= 4 is 67.1 Å². The lowest BCUT2D eigenvalue weighted by Gasteiger charge is -2.24. The number of aliphatic hydroxyl groups is 1. The number of imide groups is 1. The summed E-state index contributed by atoms with van der Waals surface area (Å²) in [6.45, 7) is 5.30. The lowest BCUT2D eigenvalue weighted by Crippen LogP contribution is -2.53. The van der Waals surface area contributed by atoms with E-state index >= 15 is 0 Å². The summed E-state index contributed by atoms with van der Waals surface area (Å²) in [5.41, 5.74) is 1.25. The smallest absolute Gasteiger partial charge is 0.269 e. The van der Waals surface area contributed by atoms with E-state index in [9.17, 15) is 24.0 Å². The van der Waals surface area contributed by atoms with Crippen molar-refractivity contribution in [2.45, 2.75) is 65.1 Å². The van der Waals surface area contributed by atoms with Crippen LogP contribution in [0.25, 0.3) is 0 Å². The van der Waals surface area contributed by atoms with Crippen LogP contribution in [0.4, 0.5) is 5.69 Å².